The van der Waals surface area contributed by atoms with Gasteiger partial charge in [-0.15, -0.1) is 0 Å². The Morgan fingerprint density at radius 3 is 2.48 bits per heavy atom. The lowest BCUT2D eigenvalue weighted by molar-refractivity contribution is 0.0518. The number of likely N-dealkylation sites (tertiary alicyclic amines) is 1. The highest BCUT2D eigenvalue weighted by molar-refractivity contribution is 5.94. The topological polar surface area (TPSA) is 59.5 Å². The highest BCUT2D eigenvalue weighted by atomic mass is 16.5. The quantitative estimate of drug-likeness (QED) is 0.802. The number of carbonyl (C=O) groups is 2. The lowest BCUT2D eigenvalue weighted by Crippen LogP contribution is -2.43. The van der Waals surface area contributed by atoms with E-state index in [1.807, 2.05) is 4.90 Å². The van der Waals surface area contributed by atoms with Crippen molar-refractivity contribution in [3.63, 3.8) is 0 Å². The number of nitrogens with zero attached hydrogens (tertiary/aromatic N) is 2. The molecule has 0 N–H and O–H groups in total. The van der Waals surface area contributed by atoms with Crippen LogP contribution < -0.4 is 0 Å². The summed E-state index contributed by atoms with van der Waals surface area (Å²) >= 11 is 0. The van der Waals surface area contributed by atoms with E-state index in [2.05, 4.69) is 18.8 Å². The summed E-state index contributed by atoms with van der Waals surface area (Å²) < 4.78 is 4.92. The predicted molar refractivity (Wildman–Crippen MR) is 79.0 cm³/mol. The van der Waals surface area contributed by atoms with Gasteiger partial charge in [0.05, 0.1) is 6.61 Å². The monoisotopic (exact) mass is 290 g/mol. The van der Waals surface area contributed by atoms with Gasteiger partial charge >= 0.3 is 5.97 Å². The lowest BCUT2D eigenvalue weighted by atomic mass is 9.92. The van der Waals surface area contributed by atoms with E-state index in [9.17, 15) is 9.59 Å². The minimum atomic E-state index is -0.493. The van der Waals surface area contributed by atoms with Crippen LogP contribution in [0.2, 0.25) is 0 Å². The first-order chi connectivity index (χ1) is 10.0. The van der Waals surface area contributed by atoms with E-state index in [1.54, 1.807) is 25.1 Å². The fourth-order valence-electron chi connectivity index (χ4n) is 2.86. The van der Waals surface area contributed by atoms with Crippen molar-refractivity contribution in [1.29, 1.82) is 0 Å². The molecular formula is C16H22N2O3. The summed E-state index contributed by atoms with van der Waals surface area (Å²) in [7, 11) is 0. The van der Waals surface area contributed by atoms with Crippen molar-refractivity contribution >= 4 is 11.9 Å². The summed E-state index contributed by atoms with van der Waals surface area (Å²) in [6.45, 7) is 7.82. The van der Waals surface area contributed by atoms with E-state index >= 15 is 0 Å². The molecule has 0 bridgehead atoms. The molecule has 2 unspecified atom stereocenters. The summed E-state index contributed by atoms with van der Waals surface area (Å²) in [4.78, 5) is 30.2. The molecule has 1 saturated heterocycles. The average molecular weight is 290 g/mol. The van der Waals surface area contributed by atoms with Gasteiger partial charge in [-0.2, -0.15) is 0 Å². The fourth-order valence-corrected chi connectivity index (χ4v) is 2.86. The Bertz CT molecular complexity index is 520. The zero-order chi connectivity index (χ0) is 15.4. The Hall–Kier alpha value is -1.91. The molecule has 1 amide bonds. The highest BCUT2D eigenvalue weighted by Crippen LogP contribution is 2.22. The summed E-state index contributed by atoms with van der Waals surface area (Å²) in [5.41, 5.74) is 0.489. The van der Waals surface area contributed by atoms with E-state index in [0.29, 0.717) is 24.1 Å². The lowest BCUT2D eigenvalue weighted by Gasteiger charge is -2.34. The Morgan fingerprint density at radius 2 is 1.86 bits per heavy atom. The number of hydrogen-bond acceptors (Lipinski definition) is 4. The Labute approximate surface area is 125 Å². The second-order valence-corrected chi connectivity index (χ2v) is 5.78. The molecule has 0 aromatic carbocycles. The van der Waals surface area contributed by atoms with Gasteiger partial charge in [0.2, 0.25) is 0 Å². The Morgan fingerprint density at radius 1 is 1.24 bits per heavy atom. The molecule has 114 valence electrons. The standard InChI is InChI=1S/C16H22N2O3/c1-4-21-16(20)14-7-5-6-13(17-14)15(19)18-9-11(2)8-12(3)10-18/h5-7,11-12H,4,8-10H2,1-3H3. The normalized spacial score (nSPS) is 22.0. The van der Waals surface area contributed by atoms with E-state index in [4.69, 9.17) is 4.74 Å². The molecule has 2 atom stereocenters. The van der Waals surface area contributed by atoms with Gasteiger partial charge in [0.25, 0.3) is 5.91 Å². The molecule has 1 aromatic heterocycles. The number of hydrogen-bond donors (Lipinski definition) is 0. The first kappa shape index (κ1) is 15.5. The SMILES string of the molecule is CCOC(=O)c1cccc(C(=O)N2CC(C)CC(C)C2)n1. The van der Waals surface area contributed by atoms with Crippen molar-refractivity contribution in [2.45, 2.75) is 27.2 Å². The van der Waals surface area contributed by atoms with E-state index in [-0.39, 0.29) is 11.6 Å². The highest BCUT2D eigenvalue weighted by Gasteiger charge is 2.27. The maximum atomic E-state index is 12.5. The van der Waals surface area contributed by atoms with Crippen LogP contribution in [0, 0.1) is 11.8 Å². The number of rotatable bonds is 3. The molecule has 0 spiro atoms. The minimum Gasteiger partial charge on any atom is -0.461 e. The Balaban J connectivity index is 2.15. The van der Waals surface area contributed by atoms with Gasteiger partial charge in [-0.3, -0.25) is 4.79 Å². The van der Waals surface area contributed by atoms with Crippen molar-refractivity contribution in [1.82, 2.24) is 9.88 Å². The Kier molecular flexibility index (Phi) is 4.94. The van der Waals surface area contributed by atoms with Crippen molar-refractivity contribution in [3.05, 3.63) is 29.6 Å². The number of ether oxygens (including phenoxy) is 1. The van der Waals surface area contributed by atoms with Gasteiger partial charge in [0.15, 0.2) is 0 Å². The van der Waals surface area contributed by atoms with Crippen LogP contribution in [0.5, 0.6) is 0 Å². The summed E-state index contributed by atoms with van der Waals surface area (Å²) in [5, 5.41) is 0. The predicted octanol–water partition coefficient (Wildman–Crippen LogP) is 2.38. The number of aromatic nitrogens is 1. The molecule has 0 radical (unpaired) electrons. The van der Waals surface area contributed by atoms with Crippen LogP contribution in [0.4, 0.5) is 0 Å². The molecule has 5 nitrogen and oxygen atoms in total. The summed E-state index contributed by atoms with van der Waals surface area (Å²) in [6, 6.07) is 4.88. The van der Waals surface area contributed by atoms with Gasteiger partial charge < -0.3 is 9.64 Å². The van der Waals surface area contributed by atoms with E-state index < -0.39 is 5.97 Å². The molecule has 1 aliphatic heterocycles. The third-order valence-corrected chi connectivity index (χ3v) is 3.61. The third-order valence-electron chi connectivity index (χ3n) is 3.61. The van der Waals surface area contributed by atoms with Gasteiger partial charge in [-0.1, -0.05) is 19.9 Å². The molecule has 1 fully saturated rings. The molecule has 1 aromatic rings. The molecule has 1 aliphatic rings. The van der Waals surface area contributed by atoms with Crippen LogP contribution in [-0.4, -0.2) is 41.5 Å². The van der Waals surface area contributed by atoms with Crippen LogP contribution in [0.15, 0.2) is 18.2 Å². The second-order valence-electron chi connectivity index (χ2n) is 5.78. The van der Waals surface area contributed by atoms with Crippen LogP contribution >= 0.6 is 0 Å². The van der Waals surface area contributed by atoms with Gasteiger partial charge in [0, 0.05) is 13.1 Å². The molecule has 21 heavy (non-hydrogen) atoms. The maximum Gasteiger partial charge on any atom is 0.356 e. The van der Waals surface area contributed by atoms with Crippen molar-refractivity contribution in [3.8, 4) is 0 Å². The van der Waals surface area contributed by atoms with Crippen molar-refractivity contribution < 1.29 is 14.3 Å². The van der Waals surface area contributed by atoms with Crippen LogP contribution in [0.25, 0.3) is 0 Å². The number of pyridine rings is 1. The average Bonchev–Trinajstić information content (AvgIpc) is 2.46. The van der Waals surface area contributed by atoms with Gasteiger partial charge in [0.1, 0.15) is 11.4 Å². The molecule has 0 saturated carbocycles. The third kappa shape index (κ3) is 3.80. The number of piperidine rings is 1. The van der Waals surface area contributed by atoms with Crippen molar-refractivity contribution in [2.75, 3.05) is 19.7 Å². The number of esters is 1. The number of carbonyl (C=O) groups excluding carboxylic acids is 2. The molecule has 5 heteroatoms. The second kappa shape index (κ2) is 6.70. The van der Waals surface area contributed by atoms with Crippen molar-refractivity contribution in [2.24, 2.45) is 11.8 Å². The molecule has 2 heterocycles. The fraction of sp³-hybridized carbons (Fsp3) is 0.562. The zero-order valence-electron chi connectivity index (χ0n) is 12.8. The van der Waals surface area contributed by atoms with Crippen LogP contribution in [0.3, 0.4) is 0 Å². The summed E-state index contributed by atoms with van der Waals surface area (Å²) in [5.74, 6) is 0.379. The van der Waals surface area contributed by atoms with Gasteiger partial charge in [-0.25, -0.2) is 9.78 Å². The number of amides is 1. The smallest absolute Gasteiger partial charge is 0.356 e. The van der Waals surface area contributed by atoms with Crippen LogP contribution in [-0.2, 0) is 4.74 Å². The minimum absolute atomic E-state index is 0.112. The van der Waals surface area contributed by atoms with Gasteiger partial charge in [-0.05, 0) is 37.3 Å². The van der Waals surface area contributed by atoms with E-state index in [1.165, 1.54) is 0 Å². The summed E-state index contributed by atoms with van der Waals surface area (Å²) in [6.07, 6.45) is 1.14. The van der Waals surface area contributed by atoms with Crippen LogP contribution in [0.1, 0.15) is 48.2 Å². The largest absolute Gasteiger partial charge is 0.461 e. The molecule has 0 aliphatic carbocycles. The zero-order valence-corrected chi connectivity index (χ0v) is 12.8. The first-order valence-electron chi connectivity index (χ1n) is 7.44. The van der Waals surface area contributed by atoms with E-state index in [0.717, 1.165) is 19.5 Å². The molecular weight excluding hydrogens is 268 g/mol. The molecule has 2 rings (SSSR count). The maximum absolute atomic E-state index is 12.5. The first-order valence-corrected chi connectivity index (χ1v) is 7.44.